The normalized spacial score (nSPS) is 24.3. The summed E-state index contributed by atoms with van der Waals surface area (Å²) < 4.78 is 5.73. The van der Waals surface area contributed by atoms with Crippen LogP contribution in [0.5, 0.6) is 0 Å². The van der Waals surface area contributed by atoms with Crippen molar-refractivity contribution in [2.24, 2.45) is 10.8 Å². The highest BCUT2D eigenvalue weighted by Gasteiger charge is 2.38. The van der Waals surface area contributed by atoms with E-state index in [4.69, 9.17) is 4.42 Å². The van der Waals surface area contributed by atoms with Crippen molar-refractivity contribution in [3.8, 4) is 0 Å². The first-order chi connectivity index (χ1) is 8.67. The summed E-state index contributed by atoms with van der Waals surface area (Å²) in [6.07, 6.45) is 3.81. The van der Waals surface area contributed by atoms with Gasteiger partial charge in [0.25, 0.3) is 0 Å². The van der Waals surface area contributed by atoms with E-state index in [1.165, 1.54) is 19.3 Å². The van der Waals surface area contributed by atoms with Gasteiger partial charge in [0.15, 0.2) is 0 Å². The van der Waals surface area contributed by atoms with Crippen LogP contribution in [0.3, 0.4) is 0 Å². The summed E-state index contributed by atoms with van der Waals surface area (Å²) in [5, 5.41) is 3.77. The maximum atomic E-state index is 5.73. The van der Waals surface area contributed by atoms with Gasteiger partial charge in [0, 0.05) is 6.04 Å². The average Bonchev–Trinajstić information content (AvgIpc) is 2.59. The van der Waals surface area contributed by atoms with Gasteiger partial charge >= 0.3 is 0 Å². The maximum absolute atomic E-state index is 5.73. The molecule has 1 N–H and O–H groups in total. The Bertz CT molecular complexity index is 414. The second kappa shape index (κ2) is 4.97. The zero-order valence-corrected chi connectivity index (χ0v) is 13.3. The first-order valence-corrected chi connectivity index (χ1v) is 7.49. The van der Waals surface area contributed by atoms with Crippen molar-refractivity contribution >= 4 is 0 Å². The van der Waals surface area contributed by atoms with Crippen LogP contribution >= 0.6 is 0 Å². The molecular weight excluding hydrogens is 234 g/mol. The van der Waals surface area contributed by atoms with E-state index < -0.39 is 0 Å². The van der Waals surface area contributed by atoms with Crippen molar-refractivity contribution in [1.82, 2.24) is 5.32 Å². The molecule has 1 aliphatic rings. The van der Waals surface area contributed by atoms with Crippen molar-refractivity contribution in [2.45, 2.75) is 72.9 Å². The molecule has 0 radical (unpaired) electrons. The predicted molar refractivity (Wildman–Crippen MR) is 80.2 cm³/mol. The second-order valence-corrected chi connectivity index (χ2v) is 7.95. The fourth-order valence-electron chi connectivity index (χ4n) is 4.09. The molecule has 108 valence electrons. The first-order valence-electron chi connectivity index (χ1n) is 7.49. The fourth-order valence-corrected chi connectivity index (χ4v) is 4.09. The van der Waals surface area contributed by atoms with Crippen LogP contribution < -0.4 is 5.32 Å². The Morgan fingerprint density at radius 3 is 2.21 bits per heavy atom. The molecule has 2 heteroatoms. The smallest absolute Gasteiger partial charge is 0.120 e. The van der Waals surface area contributed by atoms with E-state index in [-0.39, 0.29) is 0 Å². The SMILES string of the molecule is Cc1ccc(C(C)NC2CC(C)(C)CC(C)(C)C2)o1. The van der Waals surface area contributed by atoms with Gasteiger partial charge < -0.3 is 9.73 Å². The molecule has 1 aromatic rings. The van der Waals surface area contributed by atoms with Gasteiger partial charge in [0.05, 0.1) is 6.04 Å². The van der Waals surface area contributed by atoms with Crippen LogP contribution in [0.1, 0.15) is 71.4 Å². The number of hydrogen-bond acceptors (Lipinski definition) is 2. The Kier molecular flexibility index (Phi) is 3.83. The van der Waals surface area contributed by atoms with E-state index in [2.05, 4.69) is 46.0 Å². The zero-order valence-electron chi connectivity index (χ0n) is 13.3. The molecule has 0 aromatic carbocycles. The summed E-state index contributed by atoms with van der Waals surface area (Å²) in [4.78, 5) is 0. The highest BCUT2D eigenvalue weighted by Crippen LogP contribution is 2.46. The zero-order chi connectivity index (χ0) is 14.3. The minimum absolute atomic E-state index is 0.295. The van der Waals surface area contributed by atoms with Crippen LogP contribution in [0, 0.1) is 17.8 Å². The molecule has 0 amide bonds. The molecule has 1 atom stereocenters. The molecular formula is C17H29NO. The van der Waals surface area contributed by atoms with Crippen molar-refractivity contribution in [1.29, 1.82) is 0 Å². The molecule has 0 bridgehead atoms. The molecule has 1 aliphatic carbocycles. The molecule has 1 aromatic heterocycles. The van der Waals surface area contributed by atoms with Crippen molar-refractivity contribution < 1.29 is 4.42 Å². The van der Waals surface area contributed by atoms with Gasteiger partial charge in [-0.15, -0.1) is 0 Å². The van der Waals surface area contributed by atoms with E-state index in [9.17, 15) is 0 Å². The predicted octanol–water partition coefficient (Wildman–Crippen LogP) is 4.84. The van der Waals surface area contributed by atoms with Crippen molar-refractivity contribution in [3.63, 3.8) is 0 Å². The quantitative estimate of drug-likeness (QED) is 0.844. The number of furan rings is 1. The number of hydrogen-bond donors (Lipinski definition) is 1. The van der Waals surface area contributed by atoms with Gasteiger partial charge in [-0.05, 0) is 56.1 Å². The molecule has 1 unspecified atom stereocenters. The lowest BCUT2D eigenvalue weighted by atomic mass is 9.63. The van der Waals surface area contributed by atoms with Crippen molar-refractivity contribution in [3.05, 3.63) is 23.7 Å². The van der Waals surface area contributed by atoms with Crippen LogP contribution in [0.2, 0.25) is 0 Å². The summed E-state index contributed by atoms with van der Waals surface area (Å²) >= 11 is 0. The highest BCUT2D eigenvalue weighted by molar-refractivity contribution is 5.09. The lowest BCUT2D eigenvalue weighted by Gasteiger charge is -2.45. The first kappa shape index (κ1) is 14.6. The summed E-state index contributed by atoms with van der Waals surface area (Å²) in [5.74, 6) is 2.05. The van der Waals surface area contributed by atoms with Crippen LogP contribution in [0.4, 0.5) is 0 Å². The van der Waals surface area contributed by atoms with Gasteiger partial charge in [-0.2, -0.15) is 0 Å². The summed E-state index contributed by atoms with van der Waals surface area (Å²) in [6, 6.07) is 5.01. The lowest BCUT2D eigenvalue weighted by Crippen LogP contribution is -2.44. The van der Waals surface area contributed by atoms with Crippen molar-refractivity contribution in [2.75, 3.05) is 0 Å². The van der Waals surface area contributed by atoms with E-state index in [0.29, 0.717) is 22.9 Å². The molecule has 1 heterocycles. The topological polar surface area (TPSA) is 25.2 Å². The van der Waals surface area contributed by atoms with Gasteiger partial charge in [-0.1, -0.05) is 27.7 Å². The van der Waals surface area contributed by atoms with Gasteiger partial charge in [-0.25, -0.2) is 0 Å². The van der Waals surface area contributed by atoms with E-state index in [1.54, 1.807) is 0 Å². The highest BCUT2D eigenvalue weighted by atomic mass is 16.3. The second-order valence-electron chi connectivity index (χ2n) is 7.95. The van der Waals surface area contributed by atoms with Crippen LogP contribution in [-0.4, -0.2) is 6.04 Å². The van der Waals surface area contributed by atoms with Gasteiger partial charge in [0.2, 0.25) is 0 Å². The van der Waals surface area contributed by atoms with Crippen LogP contribution in [0.15, 0.2) is 16.5 Å². The standard InChI is InChI=1S/C17H29NO/c1-12-7-8-15(19-12)13(2)18-14-9-16(3,4)11-17(5,6)10-14/h7-8,13-14,18H,9-11H2,1-6H3. The van der Waals surface area contributed by atoms with E-state index in [1.807, 2.05) is 13.0 Å². The summed E-state index contributed by atoms with van der Waals surface area (Å²) in [7, 11) is 0. The number of aryl methyl sites for hydroxylation is 1. The minimum atomic E-state index is 0.295. The van der Waals surface area contributed by atoms with E-state index >= 15 is 0 Å². The Labute approximate surface area is 118 Å². The third-order valence-electron chi connectivity index (χ3n) is 4.23. The number of nitrogens with one attached hydrogen (secondary N) is 1. The Morgan fingerprint density at radius 2 is 1.74 bits per heavy atom. The largest absolute Gasteiger partial charge is 0.465 e. The molecule has 0 saturated heterocycles. The van der Waals surface area contributed by atoms with Crippen LogP contribution in [-0.2, 0) is 0 Å². The number of rotatable bonds is 3. The molecule has 19 heavy (non-hydrogen) atoms. The Morgan fingerprint density at radius 1 is 1.16 bits per heavy atom. The Hall–Kier alpha value is -0.760. The lowest BCUT2D eigenvalue weighted by molar-refractivity contribution is 0.0798. The maximum Gasteiger partial charge on any atom is 0.120 e. The van der Waals surface area contributed by atoms with Gasteiger partial charge in [0.1, 0.15) is 11.5 Å². The fraction of sp³-hybridized carbons (Fsp3) is 0.765. The summed E-state index contributed by atoms with van der Waals surface area (Å²) in [6.45, 7) is 13.8. The third-order valence-corrected chi connectivity index (χ3v) is 4.23. The molecule has 1 saturated carbocycles. The molecule has 2 rings (SSSR count). The van der Waals surface area contributed by atoms with E-state index in [0.717, 1.165) is 11.5 Å². The third kappa shape index (κ3) is 3.85. The summed E-state index contributed by atoms with van der Waals surface area (Å²) in [5.41, 5.74) is 0.858. The molecule has 1 fully saturated rings. The molecule has 2 nitrogen and oxygen atoms in total. The monoisotopic (exact) mass is 263 g/mol. The van der Waals surface area contributed by atoms with Crippen LogP contribution in [0.25, 0.3) is 0 Å². The molecule has 0 aliphatic heterocycles. The minimum Gasteiger partial charge on any atom is -0.465 e. The molecule has 0 spiro atoms. The Balaban J connectivity index is 2.02. The van der Waals surface area contributed by atoms with Gasteiger partial charge in [-0.3, -0.25) is 0 Å². The average molecular weight is 263 g/mol.